The SMILES string of the molecule is CCOC(=O)COCCNc1cc(F)c(Br)cc1C. The lowest BCUT2D eigenvalue weighted by atomic mass is 10.2. The highest BCUT2D eigenvalue weighted by molar-refractivity contribution is 9.10. The second-order valence-corrected chi connectivity index (χ2v) is 4.72. The third-order valence-corrected chi connectivity index (χ3v) is 2.96. The molecule has 19 heavy (non-hydrogen) atoms. The first-order valence-corrected chi connectivity index (χ1v) is 6.76. The smallest absolute Gasteiger partial charge is 0.332 e. The first-order valence-electron chi connectivity index (χ1n) is 5.97. The van der Waals surface area contributed by atoms with Crippen LogP contribution < -0.4 is 5.32 Å². The Morgan fingerprint density at radius 1 is 1.47 bits per heavy atom. The molecular formula is C13H17BrFNO3. The number of ether oxygens (including phenoxy) is 2. The van der Waals surface area contributed by atoms with E-state index in [9.17, 15) is 9.18 Å². The molecule has 0 spiro atoms. The maximum absolute atomic E-state index is 13.3. The van der Waals surface area contributed by atoms with Gasteiger partial charge in [0.05, 0.1) is 17.7 Å². The Bertz CT molecular complexity index is 440. The topological polar surface area (TPSA) is 47.6 Å². The van der Waals surface area contributed by atoms with Crippen LogP contribution in [0.4, 0.5) is 10.1 Å². The van der Waals surface area contributed by atoms with Crippen LogP contribution in [0, 0.1) is 12.7 Å². The van der Waals surface area contributed by atoms with Gasteiger partial charge in [0, 0.05) is 12.2 Å². The largest absolute Gasteiger partial charge is 0.464 e. The summed E-state index contributed by atoms with van der Waals surface area (Å²) in [6.07, 6.45) is 0. The normalized spacial score (nSPS) is 10.3. The van der Waals surface area contributed by atoms with Crippen LogP contribution >= 0.6 is 15.9 Å². The Balaban J connectivity index is 2.30. The van der Waals surface area contributed by atoms with Crippen LogP contribution in [-0.2, 0) is 14.3 Å². The highest BCUT2D eigenvalue weighted by atomic mass is 79.9. The molecule has 0 unspecified atom stereocenters. The van der Waals surface area contributed by atoms with Crippen molar-refractivity contribution in [2.45, 2.75) is 13.8 Å². The molecule has 0 bridgehead atoms. The van der Waals surface area contributed by atoms with Gasteiger partial charge < -0.3 is 14.8 Å². The summed E-state index contributed by atoms with van der Waals surface area (Å²) in [5.41, 5.74) is 1.64. The van der Waals surface area contributed by atoms with Crippen molar-refractivity contribution in [1.29, 1.82) is 0 Å². The van der Waals surface area contributed by atoms with E-state index >= 15 is 0 Å². The standard InChI is InChI=1S/C13H17BrFNO3/c1-3-19-13(17)8-18-5-4-16-12-7-11(15)10(14)6-9(12)2/h6-7,16H,3-5,8H2,1-2H3. The molecule has 1 N–H and O–H groups in total. The van der Waals surface area contributed by atoms with Gasteiger partial charge in [0.1, 0.15) is 12.4 Å². The second-order valence-electron chi connectivity index (χ2n) is 3.87. The minimum absolute atomic E-state index is 0.0663. The van der Waals surface area contributed by atoms with Crippen molar-refractivity contribution in [1.82, 2.24) is 0 Å². The predicted molar refractivity (Wildman–Crippen MR) is 74.8 cm³/mol. The monoisotopic (exact) mass is 333 g/mol. The molecule has 0 aliphatic heterocycles. The molecule has 6 heteroatoms. The van der Waals surface area contributed by atoms with E-state index in [1.807, 2.05) is 6.92 Å². The van der Waals surface area contributed by atoms with Crippen molar-refractivity contribution in [3.63, 3.8) is 0 Å². The molecule has 0 heterocycles. The maximum Gasteiger partial charge on any atom is 0.332 e. The van der Waals surface area contributed by atoms with E-state index in [4.69, 9.17) is 9.47 Å². The molecular weight excluding hydrogens is 317 g/mol. The van der Waals surface area contributed by atoms with Gasteiger partial charge in [0.2, 0.25) is 0 Å². The molecule has 4 nitrogen and oxygen atoms in total. The molecule has 0 saturated heterocycles. The van der Waals surface area contributed by atoms with E-state index in [0.717, 1.165) is 5.56 Å². The van der Waals surface area contributed by atoms with Crippen LogP contribution in [0.5, 0.6) is 0 Å². The third kappa shape index (κ3) is 5.57. The Morgan fingerprint density at radius 3 is 2.89 bits per heavy atom. The highest BCUT2D eigenvalue weighted by Crippen LogP contribution is 2.23. The predicted octanol–water partition coefficient (Wildman–Crippen LogP) is 2.89. The summed E-state index contributed by atoms with van der Waals surface area (Å²) in [5.74, 6) is -0.700. The summed E-state index contributed by atoms with van der Waals surface area (Å²) in [5, 5.41) is 3.05. The van der Waals surface area contributed by atoms with Gasteiger partial charge in [-0.3, -0.25) is 0 Å². The van der Waals surface area contributed by atoms with Crippen molar-refractivity contribution < 1.29 is 18.7 Å². The number of hydrogen-bond donors (Lipinski definition) is 1. The Hall–Kier alpha value is -1.14. The first-order chi connectivity index (χ1) is 9.04. The van der Waals surface area contributed by atoms with E-state index in [1.54, 1.807) is 13.0 Å². The Morgan fingerprint density at radius 2 is 2.21 bits per heavy atom. The fourth-order valence-corrected chi connectivity index (χ4v) is 1.91. The summed E-state index contributed by atoms with van der Waals surface area (Å²) < 4.78 is 23.6. The van der Waals surface area contributed by atoms with Crippen LogP contribution in [-0.4, -0.2) is 32.3 Å². The number of esters is 1. The molecule has 1 aromatic rings. The van der Waals surface area contributed by atoms with Gasteiger partial charge in [-0.15, -0.1) is 0 Å². The summed E-state index contributed by atoms with van der Waals surface area (Å²) in [6.45, 7) is 4.73. The zero-order valence-corrected chi connectivity index (χ0v) is 12.5. The van der Waals surface area contributed by atoms with Gasteiger partial charge >= 0.3 is 5.97 Å². The van der Waals surface area contributed by atoms with Gasteiger partial charge in [0.25, 0.3) is 0 Å². The molecule has 106 valence electrons. The first kappa shape index (κ1) is 15.9. The third-order valence-electron chi connectivity index (χ3n) is 2.35. The van der Waals surface area contributed by atoms with Gasteiger partial charge in [-0.2, -0.15) is 0 Å². The summed E-state index contributed by atoms with van der Waals surface area (Å²) >= 11 is 3.13. The lowest BCUT2D eigenvalue weighted by Gasteiger charge is -2.10. The average molecular weight is 334 g/mol. The van der Waals surface area contributed by atoms with E-state index < -0.39 is 0 Å². The number of carbonyl (C=O) groups is 1. The van der Waals surface area contributed by atoms with Gasteiger partial charge in [-0.05, 0) is 47.5 Å². The molecule has 1 rings (SSSR count). The van der Waals surface area contributed by atoms with Crippen molar-refractivity contribution in [2.75, 3.05) is 31.7 Å². The van der Waals surface area contributed by atoms with Crippen LogP contribution in [0.25, 0.3) is 0 Å². The van der Waals surface area contributed by atoms with Gasteiger partial charge in [-0.1, -0.05) is 0 Å². The van der Waals surface area contributed by atoms with Crippen molar-refractivity contribution in [3.8, 4) is 0 Å². The van der Waals surface area contributed by atoms with Crippen LogP contribution in [0.3, 0.4) is 0 Å². The molecule has 0 fully saturated rings. The minimum atomic E-state index is -0.381. The molecule has 0 aromatic heterocycles. The van der Waals surface area contributed by atoms with Crippen LogP contribution in [0.2, 0.25) is 0 Å². The number of carbonyl (C=O) groups excluding carboxylic acids is 1. The van der Waals surface area contributed by atoms with Crippen molar-refractivity contribution in [3.05, 3.63) is 28.0 Å². The minimum Gasteiger partial charge on any atom is -0.464 e. The maximum atomic E-state index is 13.3. The zero-order chi connectivity index (χ0) is 14.3. The number of halogens is 2. The second kappa shape index (κ2) is 8.12. The molecule has 0 radical (unpaired) electrons. The number of benzene rings is 1. The van der Waals surface area contributed by atoms with Crippen molar-refractivity contribution >= 4 is 27.6 Å². The fourth-order valence-electron chi connectivity index (χ4n) is 1.45. The number of anilines is 1. The van der Waals surface area contributed by atoms with Gasteiger partial charge in [-0.25, -0.2) is 9.18 Å². The Labute approximate surface area is 120 Å². The lowest BCUT2D eigenvalue weighted by Crippen LogP contribution is -2.17. The number of hydrogen-bond acceptors (Lipinski definition) is 4. The molecule has 0 aliphatic rings. The highest BCUT2D eigenvalue weighted by Gasteiger charge is 2.05. The molecule has 0 saturated carbocycles. The summed E-state index contributed by atoms with van der Waals surface area (Å²) in [7, 11) is 0. The lowest BCUT2D eigenvalue weighted by molar-refractivity contribution is -0.148. The number of nitrogens with one attached hydrogen (secondary N) is 1. The summed E-state index contributed by atoms with van der Waals surface area (Å²) in [4.78, 5) is 11.0. The van der Waals surface area contributed by atoms with E-state index in [2.05, 4.69) is 21.2 Å². The van der Waals surface area contributed by atoms with E-state index in [-0.39, 0.29) is 18.4 Å². The molecule has 0 atom stereocenters. The molecule has 0 aliphatic carbocycles. The molecule has 0 amide bonds. The average Bonchev–Trinajstić information content (AvgIpc) is 2.35. The molecule has 1 aromatic carbocycles. The van der Waals surface area contributed by atoms with Gasteiger partial charge in [0.15, 0.2) is 0 Å². The zero-order valence-electron chi connectivity index (χ0n) is 11.0. The fraction of sp³-hybridized carbons (Fsp3) is 0.462. The van der Waals surface area contributed by atoms with Crippen molar-refractivity contribution in [2.24, 2.45) is 0 Å². The summed E-state index contributed by atoms with van der Waals surface area (Å²) in [6, 6.07) is 3.13. The Kier molecular flexibility index (Phi) is 6.80. The quantitative estimate of drug-likeness (QED) is 0.615. The number of rotatable bonds is 7. The van der Waals surface area contributed by atoms with E-state index in [1.165, 1.54) is 6.07 Å². The number of aryl methyl sites for hydroxylation is 1. The van der Waals surface area contributed by atoms with Crippen LogP contribution in [0.15, 0.2) is 16.6 Å². The van der Waals surface area contributed by atoms with Crippen LogP contribution in [0.1, 0.15) is 12.5 Å². The van der Waals surface area contributed by atoms with E-state index in [0.29, 0.717) is 29.9 Å².